The van der Waals surface area contributed by atoms with Gasteiger partial charge in [-0.2, -0.15) is 13.2 Å². The first-order chi connectivity index (χ1) is 9.72. The largest absolute Gasteiger partial charge is 0.416 e. The van der Waals surface area contributed by atoms with Crippen molar-refractivity contribution in [3.05, 3.63) is 17.7 Å². The molecule has 0 bridgehead atoms. The molecule has 2 rings (SSSR count). The highest BCUT2D eigenvalue weighted by Crippen LogP contribution is 2.36. The molecule has 0 saturated carbocycles. The van der Waals surface area contributed by atoms with Crippen molar-refractivity contribution in [3.8, 4) is 0 Å². The third-order valence-corrected chi connectivity index (χ3v) is 4.18. The summed E-state index contributed by atoms with van der Waals surface area (Å²) in [6.07, 6.45) is -3.35. The average Bonchev–Trinajstić information content (AvgIpc) is 2.41. The lowest BCUT2D eigenvalue weighted by Crippen LogP contribution is -2.46. The van der Waals surface area contributed by atoms with Gasteiger partial charge in [-0.25, -0.2) is 10.8 Å². The first-order valence-corrected chi connectivity index (χ1v) is 7.05. The fourth-order valence-electron chi connectivity index (χ4n) is 2.92. The SMILES string of the molecule is CC1CC(C)C(C)N(c2cc(C(F)(F)F)cc(NN)n2)C1. The fourth-order valence-corrected chi connectivity index (χ4v) is 2.92. The van der Waals surface area contributed by atoms with Crippen molar-refractivity contribution in [2.75, 3.05) is 16.9 Å². The van der Waals surface area contributed by atoms with E-state index in [4.69, 9.17) is 5.84 Å². The van der Waals surface area contributed by atoms with Crippen molar-refractivity contribution in [2.45, 2.75) is 39.4 Å². The highest BCUT2D eigenvalue weighted by atomic mass is 19.4. The summed E-state index contributed by atoms with van der Waals surface area (Å²) in [4.78, 5) is 6.14. The molecular formula is C14H21F3N4. The van der Waals surface area contributed by atoms with Crippen LogP contribution in [0, 0.1) is 11.8 Å². The van der Waals surface area contributed by atoms with E-state index in [2.05, 4.69) is 24.3 Å². The van der Waals surface area contributed by atoms with Crippen LogP contribution in [0.3, 0.4) is 0 Å². The van der Waals surface area contributed by atoms with Crippen LogP contribution in [0.1, 0.15) is 32.8 Å². The van der Waals surface area contributed by atoms with E-state index in [0.717, 1.165) is 18.6 Å². The van der Waals surface area contributed by atoms with Crippen LogP contribution in [-0.4, -0.2) is 17.6 Å². The standard InChI is InChI=1S/C14H21F3N4/c1-8-4-9(2)10(3)21(7-8)13-6-11(14(15,16)17)5-12(19-13)20-18/h5-6,8-10H,4,7,18H2,1-3H3,(H,19,20). The number of nitrogens with one attached hydrogen (secondary N) is 1. The number of nitrogens with zero attached hydrogens (tertiary/aromatic N) is 2. The molecule has 3 N–H and O–H groups in total. The molecule has 4 nitrogen and oxygen atoms in total. The molecule has 1 aromatic heterocycles. The van der Waals surface area contributed by atoms with Crippen LogP contribution in [0.4, 0.5) is 24.8 Å². The van der Waals surface area contributed by atoms with Crippen LogP contribution in [0.5, 0.6) is 0 Å². The molecule has 1 saturated heterocycles. The minimum absolute atomic E-state index is 0.0258. The molecule has 0 aromatic carbocycles. The number of aromatic nitrogens is 1. The number of piperidine rings is 1. The minimum Gasteiger partial charge on any atom is -0.353 e. The molecule has 1 aliphatic heterocycles. The smallest absolute Gasteiger partial charge is 0.353 e. The van der Waals surface area contributed by atoms with Gasteiger partial charge in [0, 0.05) is 12.6 Å². The van der Waals surface area contributed by atoms with E-state index < -0.39 is 11.7 Å². The van der Waals surface area contributed by atoms with Crippen LogP contribution in [0.2, 0.25) is 0 Å². The summed E-state index contributed by atoms with van der Waals surface area (Å²) < 4.78 is 39.0. The zero-order valence-electron chi connectivity index (χ0n) is 12.4. The van der Waals surface area contributed by atoms with Crippen LogP contribution < -0.4 is 16.2 Å². The second-order valence-electron chi connectivity index (χ2n) is 5.95. The highest BCUT2D eigenvalue weighted by molar-refractivity contribution is 5.51. The van der Waals surface area contributed by atoms with Crippen molar-refractivity contribution in [2.24, 2.45) is 17.7 Å². The Labute approximate surface area is 122 Å². The molecule has 1 aliphatic rings. The Hall–Kier alpha value is -1.50. The van der Waals surface area contributed by atoms with E-state index in [9.17, 15) is 13.2 Å². The molecule has 118 valence electrons. The molecule has 0 aliphatic carbocycles. The number of nitrogens with two attached hydrogens (primary N) is 1. The third kappa shape index (κ3) is 3.40. The lowest BCUT2D eigenvalue weighted by Gasteiger charge is -2.42. The Kier molecular flexibility index (Phi) is 4.32. The third-order valence-electron chi connectivity index (χ3n) is 4.18. The maximum absolute atomic E-state index is 13.0. The summed E-state index contributed by atoms with van der Waals surface area (Å²) >= 11 is 0. The Morgan fingerprint density at radius 2 is 1.95 bits per heavy atom. The van der Waals surface area contributed by atoms with Crippen LogP contribution in [-0.2, 0) is 6.18 Å². The zero-order chi connectivity index (χ0) is 15.8. The Balaban J connectivity index is 2.42. The Morgan fingerprint density at radius 3 is 2.52 bits per heavy atom. The van der Waals surface area contributed by atoms with E-state index in [1.807, 2.05) is 11.8 Å². The first kappa shape index (κ1) is 15.9. The normalized spacial score (nSPS) is 26.8. The molecule has 2 heterocycles. The average molecular weight is 302 g/mol. The Morgan fingerprint density at radius 1 is 1.29 bits per heavy atom. The van der Waals surface area contributed by atoms with Gasteiger partial charge < -0.3 is 10.3 Å². The molecule has 0 spiro atoms. The summed E-state index contributed by atoms with van der Waals surface area (Å²) in [5.74, 6) is 6.42. The molecule has 21 heavy (non-hydrogen) atoms. The summed E-state index contributed by atoms with van der Waals surface area (Å²) in [5.41, 5.74) is 1.48. The van der Waals surface area contributed by atoms with Gasteiger partial charge in [0.1, 0.15) is 11.6 Å². The predicted octanol–water partition coefficient (Wildman–Crippen LogP) is 3.26. The number of hydrazine groups is 1. The van der Waals surface area contributed by atoms with Crippen LogP contribution in [0.15, 0.2) is 12.1 Å². The number of hydrogen-bond donors (Lipinski definition) is 2. The van der Waals surface area contributed by atoms with Gasteiger partial charge in [-0.05, 0) is 37.3 Å². The van der Waals surface area contributed by atoms with Crippen molar-refractivity contribution >= 4 is 11.6 Å². The maximum Gasteiger partial charge on any atom is 0.416 e. The van der Waals surface area contributed by atoms with Gasteiger partial charge in [-0.1, -0.05) is 13.8 Å². The second kappa shape index (κ2) is 5.71. The van der Waals surface area contributed by atoms with Gasteiger partial charge in [0.2, 0.25) is 0 Å². The lowest BCUT2D eigenvalue weighted by atomic mass is 9.86. The zero-order valence-corrected chi connectivity index (χ0v) is 12.4. The fraction of sp³-hybridized carbons (Fsp3) is 0.643. The Bertz CT molecular complexity index is 503. The molecule has 3 unspecified atom stereocenters. The quantitative estimate of drug-likeness (QED) is 0.650. The molecule has 7 heteroatoms. The van der Waals surface area contributed by atoms with E-state index in [-0.39, 0.29) is 11.9 Å². The molecular weight excluding hydrogens is 281 g/mol. The van der Waals surface area contributed by atoms with Gasteiger partial charge in [-0.15, -0.1) is 0 Å². The van der Waals surface area contributed by atoms with E-state index >= 15 is 0 Å². The van der Waals surface area contributed by atoms with Crippen molar-refractivity contribution < 1.29 is 13.2 Å². The van der Waals surface area contributed by atoms with Gasteiger partial charge in [0.15, 0.2) is 0 Å². The molecule has 1 aromatic rings. The summed E-state index contributed by atoms with van der Waals surface area (Å²) in [6, 6.07) is 2.16. The number of rotatable bonds is 2. The van der Waals surface area contributed by atoms with Crippen molar-refractivity contribution in [1.29, 1.82) is 0 Å². The highest BCUT2D eigenvalue weighted by Gasteiger charge is 2.34. The summed E-state index contributed by atoms with van der Waals surface area (Å²) in [7, 11) is 0. The number of nitrogen functional groups attached to an aromatic ring is 1. The molecule has 1 fully saturated rings. The van der Waals surface area contributed by atoms with Crippen LogP contribution >= 0.6 is 0 Å². The van der Waals surface area contributed by atoms with Gasteiger partial charge >= 0.3 is 6.18 Å². The minimum atomic E-state index is -4.42. The number of pyridine rings is 1. The predicted molar refractivity (Wildman–Crippen MR) is 76.8 cm³/mol. The number of hydrogen-bond acceptors (Lipinski definition) is 4. The van der Waals surface area contributed by atoms with Gasteiger partial charge in [0.05, 0.1) is 5.56 Å². The topological polar surface area (TPSA) is 54.2 Å². The second-order valence-corrected chi connectivity index (χ2v) is 5.95. The van der Waals surface area contributed by atoms with E-state index in [0.29, 0.717) is 24.2 Å². The van der Waals surface area contributed by atoms with Crippen molar-refractivity contribution in [1.82, 2.24) is 4.98 Å². The summed E-state index contributed by atoms with van der Waals surface area (Å²) in [5, 5.41) is 0. The molecule has 0 amide bonds. The molecule has 0 radical (unpaired) electrons. The van der Waals surface area contributed by atoms with Crippen LogP contribution in [0.25, 0.3) is 0 Å². The number of halogens is 3. The van der Waals surface area contributed by atoms with Crippen molar-refractivity contribution in [3.63, 3.8) is 0 Å². The monoisotopic (exact) mass is 302 g/mol. The van der Waals surface area contributed by atoms with E-state index in [1.165, 1.54) is 0 Å². The number of alkyl halides is 3. The van der Waals surface area contributed by atoms with Gasteiger partial charge in [-0.3, -0.25) is 0 Å². The number of anilines is 2. The lowest BCUT2D eigenvalue weighted by molar-refractivity contribution is -0.137. The van der Waals surface area contributed by atoms with Gasteiger partial charge in [0.25, 0.3) is 0 Å². The summed E-state index contributed by atoms with van der Waals surface area (Å²) in [6.45, 7) is 6.94. The maximum atomic E-state index is 13.0. The molecule has 3 atom stereocenters. The first-order valence-electron chi connectivity index (χ1n) is 7.05. The van der Waals surface area contributed by atoms with E-state index in [1.54, 1.807) is 0 Å².